The molecule has 2 aromatic heterocycles. The smallest absolute Gasteiger partial charge is 0.176 e. The van der Waals surface area contributed by atoms with E-state index in [1.807, 2.05) is 0 Å². The van der Waals surface area contributed by atoms with Gasteiger partial charge in [0.25, 0.3) is 0 Å². The second kappa shape index (κ2) is 4.35. The van der Waals surface area contributed by atoms with Gasteiger partial charge < -0.3 is 25.8 Å². The van der Waals surface area contributed by atoms with Crippen molar-refractivity contribution in [3.63, 3.8) is 0 Å². The number of rotatable bonds is 2. The molecule has 0 saturated carbocycles. The summed E-state index contributed by atoms with van der Waals surface area (Å²) in [7, 11) is 0. The molecule has 1 saturated heterocycles. The number of hydrogen-bond donors (Lipinski definition) is 4. The molecular weight excluding hydrogens is 290 g/mol. The van der Waals surface area contributed by atoms with Gasteiger partial charge in [-0.15, -0.1) is 0 Å². The molecule has 0 amide bonds. The Morgan fingerprint density at radius 3 is 2.55 bits per heavy atom. The molecule has 9 nitrogen and oxygen atoms in total. The molecule has 120 valence electrons. The SMILES string of the molecule is C[C@]1(O)[C@](C)(n2cnc3c(N)ncnc32)O[C@H](CO)[C@@]1(C)O. The summed E-state index contributed by atoms with van der Waals surface area (Å²) >= 11 is 0. The highest BCUT2D eigenvalue weighted by molar-refractivity contribution is 5.81. The summed E-state index contributed by atoms with van der Waals surface area (Å²) in [5.74, 6) is 0.204. The minimum Gasteiger partial charge on any atom is -0.394 e. The molecule has 1 aliphatic rings. The largest absolute Gasteiger partial charge is 0.394 e. The topological polar surface area (TPSA) is 140 Å². The van der Waals surface area contributed by atoms with E-state index < -0.39 is 29.6 Å². The van der Waals surface area contributed by atoms with Gasteiger partial charge in [-0.25, -0.2) is 15.0 Å². The zero-order chi connectivity index (χ0) is 16.3. The van der Waals surface area contributed by atoms with E-state index in [9.17, 15) is 15.3 Å². The van der Waals surface area contributed by atoms with E-state index in [0.717, 1.165) is 0 Å². The highest BCUT2D eigenvalue weighted by atomic mass is 16.6. The molecule has 4 atom stereocenters. The number of aliphatic hydroxyl groups is 3. The molecule has 9 heteroatoms. The molecule has 0 aromatic carbocycles. The van der Waals surface area contributed by atoms with Crippen LogP contribution in [0, 0.1) is 0 Å². The van der Waals surface area contributed by atoms with Crippen LogP contribution in [0.4, 0.5) is 5.82 Å². The van der Waals surface area contributed by atoms with Gasteiger partial charge in [0.05, 0.1) is 12.9 Å². The number of imidazole rings is 1. The van der Waals surface area contributed by atoms with Gasteiger partial charge in [0, 0.05) is 0 Å². The molecule has 1 aliphatic heterocycles. The van der Waals surface area contributed by atoms with Crippen LogP contribution >= 0.6 is 0 Å². The maximum Gasteiger partial charge on any atom is 0.176 e. The summed E-state index contributed by atoms with van der Waals surface area (Å²) in [4.78, 5) is 12.1. The van der Waals surface area contributed by atoms with Crippen molar-refractivity contribution in [1.82, 2.24) is 19.5 Å². The third-order valence-corrected chi connectivity index (χ3v) is 4.87. The second-order valence-corrected chi connectivity index (χ2v) is 6.04. The molecule has 0 spiro atoms. The predicted octanol–water partition coefficient (Wildman–Crippen LogP) is -1.03. The van der Waals surface area contributed by atoms with Crippen molar-refractivity contribution in [2.45, 2.75) is 43.8 Å². The van der Waals surface area contributed by atoms with E-state index >= 15 is 0 Å². The Morgan fingerprint density at radius 2 is 1.95 bits per heavy atom. The number of ether oxygens (including phenoxy) is 1. The fourth-order valence-electron chi connectivity index (χ4n) is 2.96. The lowest BCUT2D eigenvalue weighted by molar-refractivity contribution is -0.185. The van der Waals surface area contributed by atoms with Gasteiger partial charge in [-0.2, -0.15) is 0 Å². The number of anilines is 1. The number of nitrogens with two attached hydrogens (primary N) is 1. The molecule has 3 rings (SSSR count). The Balaban J connectivity index is 2.23. The standard InChI is InChI=1S/C13H19N5O4/c1-11(20)7(4-19)22-13(3,12(11,2)21)18-6-17-8-9(14)15-5-16-10(8)18/h5-7,19-21H,4H2,1-3H3,(H2,14,15,16)/t7-,11-,12-,13-/m1/s1. The average Bonchev–Trinajstić information content (AvgIpc) is 2.94. The van der Waals surface area contributed by atoms with Crippen molar-refractivity contribution in [1.29, 1.82) is 0 Å². The van der Waals surface area contributed by atoms with Crippen molar-refractivity contribution in [2.24, 2.45) is 0 Å². The Labute approximate surface area is 126 Å². The zero-order valence-corrected chi connectivity index (χ0v) is 12.6. The van der Waals surface area contributed by atoms with Gasteiger partial charge in [-0.3, -0.25) is 4.57 Å². The van der Waals surface area contributed by atoms with Crippen LogP contribution in [0.1, 0.15) is 20.8 Å². The van der Waals surface area contributed by atoms with E-state index in [1.54, 1.807) is 6.92 Å². The third kappa shape index (κ3) is 1.59. The highest BCUT2D eigenvalue weighted by Gasteiger charge is 2.67. The van der Waals surface area contributed by atoms with Crippen molar-refractivity contribution >= 4 is 17.0 Å². The maximum atomic E-state index is 10.9. The molecule has 0 bridgehead atoms. The van der Waals surface area contributed by atoms with Gasteiger partial charge >= 0.3 is 0 Å². The Kier molecular flexibility index (Phi) is 2.99. The van der Waals surface area contributed by atoms with Gasteiger partial charge in [0.2, 0.25) is 0 Å². The minimum absolute atomic E-state index is 0.204. The lowest BCUT2D eigenvalue weighted by Gasteiger charge is -2.41. The normalized spacial score (nSPS) is 38.7. The van der Waals surface area contributed by atoms with Gasteiger partial charge in [0.1, 0.15) is 29.2 Å². The van der Waals surface area contributed by atoms with E-state index in [0.29, 0.717) is 11.2 Å². The Bertz CT molecular complexity index is 728. The summed E-state index contributed by atoms with van der Waals surface area (Å²) < 4.78 is 7.28. The molecular formula is C13H19N5O4. The first-order valence-corrected chi connectivity index (χ1v) is 6.84. The number of aliphatic hydroxyl groups excluding tert-OH is 1. The first-order chi connectivity index (χ1) is 10.2. The number of aromatic nitrogens is 4. The lowest BCUT2D eigenvalue weighted by atomic mass is 9.78. The molecule has 0 unspecified atom stereocenters. The van der Waals surface area contributed by atoms with Crippen LogP contribution < -0.4 is 5.73 Å². The molecule has 2 aromatic rings. The molecule has 5 N–H and O–H groups in total. The van der Waals surface area contributed by atoms with Crippen LogP contribution in [0.5, 0.6) is 0 Å². The fourth-order valence-corrected chi connectivity index (χ4v) is 2.96. The van der Waals surface area contributed by atoms with E-state index in [2.05, 4.69) is 15.0 Å². The van der Waals surface area contributed by atoms with Crippen molar-refractivity contribution in [3.05, 3.63) is 12.7 Å². The number of nitrogen functional groups attached to an aromatic ring is 1. The Hall–Kier alpha value is -1.81. The summed E-state index contributed by atoms with van der Waals surface area (Å²) in [5, 5.41) is 31.0. The van der Waals surface area contributed by atoms with Crippen LogP contribution in [0.2, 0.25) is 0 Å². The van der Waals surface area contributed by atoms with Crippen LogP contribution in [0.15, 0.2) is 12.7 Å². The van der Waals surface area contributed by atoms with Crippen LogP contribution in [0.3, 0.4) is 0 Å². The Morgan fingerprint density at radius 1 is 1.27 bits per heavy atom. The summed E-state index contributed by atoms with van der Waals surface area (Å²) in [6.45, 7) is 4.01. The zero-order valence-electron chi connectivity index (χ0n) is 12.6. The maximum absolute atomic E-state index is 10.9. The second-order valence-electron chi connectivity index (χ2n) is 6.04. The quantitative estimate of drug-likeness (QED) is 0.552. The molecule has 0 aliphatic carbocycles. The van der Waals surface area contributed by atoms with Gasteiger partial charge in [-0.1, -0.05) is 0 Å². The van der Waals surface area contributed by atoms with E-state index in [1.165, 1.54) is 31.1 Å². The van der Waals surface area contributed by atoms with Crippen molar-refractivity contribution in [2.75, 3.05) is 12.3 Å². The van der Waals surface area contributed by atoms with Gasteiger partial charge in [-0.05, 0) is 20.8 Å². The first kappa shape index (κ1) is 15.1. The van der Waals surface area contributed by atoms with Crippen molar-refractivity contribution in [3.8, 4) is 0 Å². The average molecular weight is 309 g/mol. The summed E-state index contributed by atoms with van der Waals surface area (Å²) in [5.41, 5.74) is 1.70. The summed E-state index contributed by atoms with van der Waals surface area (Å²) in [6.07, 6.45) is 1.73. The highest BCUT2D eigenvalue weighted by Crippen LogP contribution is 2.49. The minimum atomic E-state index is -1.72. The monoisotopic (exact) mass is 309 g/mol. The number of hydrogen-bond acceptors (Lipinski definition) is 8. The van der Waals surface area contributed by atoms with Crippen LogP contribution in [-0.4, -0.2) is 58.8 Å². The van der Waals surface area contributed by atoms with Gasteiger partial charge in [0.15, 0.2) is 17.2 Å². The summed E-state index contributed by atoms with van der Waals surface area (Å²) in [6, 6.07) is 0. The van der Waals surface area contributed by atoms with Crippen LogP contribution in [0.25, 0.3) is 11.2 Å². The van der Waals surface area contributed by atoms with E-state index in [-0.39, 0.29) is 5.82 Å². The lowest BCUT2D eigenvalue weighted by Crippen LogP contribution is -2.60. The predicted molar refractivity (Wildman–Crippen MR) is 76.6 cm³/mol. The van der Waals surface area contributed by atoms with Crippen LogP contribution in [-0.2, 0) is 10.5 Å². The fraction of sp³-hybridized carbons (Fsp3) is 0.615. The molecule has 22 heavy (non-hydrogen) atoms. The number of fused-ring (bicyclic) bond motifs is 1. The third-order valence-electron chi connectivity index (χ3n) is 4.87. The van der Waals surface area contributed by atoms with E-state index in [4.69, 9.17) is 10.5 Å². The first-order valence-electron chi connectivity index (χ1n) is 6.84. The molecule has 1 fully saturated rings. The van der Waals surface area contributed by atoms with Crippen molar-refractivity contribution < 1.29 is 20.1 Å². The molecule has 3 heterocycles. The number of nitrogens with zero attached hydrogens (tertiary/aromatic N) is 4. The molecule has 0 radical (unpaired) electrons.